The maximum absolute atomic E-state index is 11.8. The van der Waals surface area contributed by atoms with Gasteiger partial charge in [-0.2, -0.15) is 4.99 Å². The van der Waals surface area contributed by atoms with Gasteiger partial charge in [0.05, 0.1) is 4.91 Å². The third-order valence-electron chi connectivity index (χ3n) is 2.51. The van der Waals surface area contributed by atoms with E-state index in [-0.39, 0.29) is 5.91 Å². The minimum absolute atomic E-state index is 0.203. The largest absolute Gasteiger partial charge is 0.350 e. The number of hydrogen-bond donors (Lipinski definition) is 0. The Labute approximate surface area is 121 Å². The smallest absolute Gasteiger partial charge is 0.286 e. The van der Waals surface area contributed by atoms with Gasteiger partial charge in [0, 0.05) is 18.6 Å². The van der Waals surface area contributed by atoms with E-state index in [0.29, 0.717) is 21.6 Å². The van der Waals surface area contributed by atoms with Gasteiger partial charge in [0.15, 0.2) is 5.17 Å². The highest BCUT2D eigenvalue weighted by Gasteiger charge is 2.23. The highest BCUT2D eigenvalue weighted by molar-refractivity contribution is 8.18. The molecule has 1 aliphatic rings. The summed E-state index contributed by atoms with van der Waals surface area (Å²) in [5, 5.41) is 1.38. The van der Waals surface area contributed by atoms with E-state index in [1.807, 2.05) is 30.2 Å². The van der Waals surface area contributed by atoms with Crippen molar-refractivity contribution < 1.29 is 4.79 Å². The Hall–Kier alpha value is -1.52. The Balaban J connectivity index is 2.14. The van der Waals surface area contributed by atoms with Gasteiger partial charge >= 0.3 is 0 Å². The lowest BCUT2D eigenvalue weighted by molar-refractivity contribution is -0.113. The Kier molecular flexibility index (Phi) is 4.45. The summed E-state index contributed by atoms with van der Waals surface area (Å²) in [6, 6.07) is 7.33. The van der Waals surface area contributed by atoms with E-state index in [1.54, 1.807) is 18.2 Å². The zero-order valence-electron chi connectivity index (χ0n) is 10.5. The third-order valence-corrected chi connectivity index (χ3v) is 3.86. The predicted molar refractivity (Wildman–Crippen MR) is 82.3 cm³/mol. The monoisotopic (exact) mass is 292 g/mol. The molecular weight excluding hydrogens is 280 g/mol. The van der Waals surface area contributed by atoms with Crippen LogP contribution in [0.1, 0.15) is 5.56 Å². The summed E-state index contributed by atoms with van der Waals surface area (Å²) >= 11 is 7.20. The number of nitrogens with zero attached hydrogens (tertiary/aromatic N) is 2. The average Bonchev–Trinajstić information content (AvgIpc) is 2.74. The summed E-state index contributed by atoms with van der Waals surface area (Å²) in [5.41, 5.74) is 0.933. The minimum Gasteiger partial charge on any atom is -0.350 e. The van der Waals surface area contributed by atoms with Crippen molar-refractivity contribution in [1.82, 2.24) is 4.90 Å². The molecule has 1 aromatic carbocycles. The molecule has 5 heteroatoms. The molecule has 19 heavy (non-hydrogen) atoms. The molecule has 0 atom stereocenters. The topological polar surface area (TPSA) is 32.7 Å². The van der Waals surface area contributed by atoms with Gasteiger partial charge in [0.1, 0.15) is 0 Å². The lowest BCUT2D eigenvalue weighted by Gasteiger charge is -2.14. The van der Waals surface area contributed by atoms with Crippen LogP contribution in [-0.2, 0) is 4.79 Å². The fourth-order valence-corrected chi connectivity index (χ4v) is 2.55. The molecule has 0 saturated heterocycles. The molecule has 0 unspecified atom stereocenters. The second kappa shape index (κ2) is 6.08. The summed E-state index contributed by atoms with van der Waals surface area (Å²) < 4.78 is 0. The molecule has 0 N–H and O–H groups in total. The Bertz CT molecular complexity index is 563. The van der Waals surface area contributed by atoms with Gasteiger partial charge in [0.25, 0.3) is 5.91 Å². The standard InChI is InChI=1S/C14H13ClN2OS/c1-3-8-17(2)14-16-13(18)12(19-14)9-10-4-6-11(15)7-5-10/h3-7,9H,1,8H2,2H3/b12-9+. The van der Waals surface area contributed by atoms with E-state index < -0.39 is 0 Å². The molecule has 0 fully saturated rings. The van der Waals surface area contributed by atoms with E-state index in [0.717, 1.165) is 5.56 Å². The molecule has 3 nitrogen and oxygen atoms in total. The Morgan fingerprint density at radius 1 is 1.42 bits per heavy atom. The van der Waals surface area contributed by atoms with Crippen LogP contribution in [0.3, 0.4) is 0 Å². The van der Waals surface area contributed by atoms with Gasteiger partial charge in [-0.1, -0.05) is 29.8 Å². The van der Waals surface area contributed by atoms with Crippen molar-refractivity contribution in [2.45, 2.75) is 0 Å². The molecule has 98 valence electrons. The number of likely N-dealkylation sites (N-methyl/N-ethyl adjacent to an activating group) is 1. The predicted octanol–water partition coefficient (Wildman–Crippen LogP) is 3.43. The molecule has 2 rings (SSSR count). The van der Waals surface area contributed by atoms with Gasteiger partial charge in [-0.3, -0.25) is 4.79 Å². The fourth-order valence-electron chi connectivity index (χ4n) is 1.54. The van der Waals surface area contributed by atoms with Crippen molar-refractivity contribution in [1.29, 1.82) is 0 Å². The third kappa shape index (κ3) is 3.49. The van der Waals surface area contributed by atoms with Gasteiger partial charge in [-0.25, -0.2) is 0 Å². The first-order valence-corrected chi connectivity index (χ1v) is 6.90. The summed E-state index contributed by atoms with van der Waals surface area (Å²) in [6.07, 6.45) is 3.59. The highest BCUT2D eigenvalue weighted by atomic mass is 35.5. The number of thioether (sulfide) groups is 1. The molecule has 1 aliphatic heterocycles. The first-order chi connectivity index (χ1) is 9.10. The molecule has 1 aromatic rings. The first kappa shape index (κ1) is 13.9. The zero-order valence-corrected chi connectivity index (χ0v) is 12.0. The van der Waals surface area contributed by atoms with Crippen LogP contribution in [0, 0.1) is 0 Å². The van der Waals surface area contributed by atoms with Gasteiger partial charge in [-0.05, 0) is 35.5 Å². The summed E-state index contributed by atoms with van der Waals surface area (Å²) in [7, 11) is 1.88. The van der Waals surface area contributed by atoms with Gasteiger partial charge < -0.3 is 4.90 Å². The number of benzene rings is 1. The number of halogens is 1. The molecule has 1 amide bonds. The van der Waals surface area contributed by atoms with E-state index >= 15 is 0 Å². The molecule has 0 spiro atoms. The summed E-state index contributed by atoms with van der Waals surface area (Å²) in [6.45, 7) is 4.33. The van der Waals surface area contributed by atoms with Crippen LogP contribution >= 0.6 is 23.4 Å². The Morgan fingerprint density at radius 3 is 2.74 bits per heavy atom. The molecule has 1 heterocycles. The van der Waals surface area contributed by atoms with Crippen molar-refractivity contribution in [3.8, 4) is 0 Å². The number of rotatable bonds is 3. The molecule has 0 aromatic heterocycles. The molecule has 0 saturated carbocycles. The highest BCUT2D eigenvalue weighted by Crippen LogP contribution is 2.29. The number of amidine groups is 1. The van der Waals surface area contributed by atoms with Crippen LogP contribution in [0.2, 0.25) is 5.02 Å². The van der Waals surface area contributed by atoms with E-state index in [9.17, 15) is 4.79 Å². The SMILES string of the molecule is C=CCN(C)C1=NC(=O)/C(=C\c2ccc(Cl)cc2)S1. The molecular formula is C14H13ClN2OS. The zero-order chi connectivity index (χ0) is 13.8. The number of carbonyl (C=O) groups is 1. The van der Waals surface area contributed by atoms with Crippen molar-refractivity contribution >= 4 is 40.5 Å². The molecule has 0 bridgehead atoms. The maximum atomic E-state index is 11.8. The number of hydrogen-bond acceptors (Lipinski definition) is 3. The van der Waals surface area contributed by atoms with E-state index in [1.165, 1.54) is 11.8 Å². The van der Waals surface area contributed by atoms with Crippen LogP contribution in [0.15, 0.2) is 46.8 Å². The van der Waals surface area contributed by atoms with Gasteiger partial charge in [0.2, 0.25) is 0 Å². The van der Waals surface area contributed by atoms with E-state index in [4.69, 9.17) is 11.6 Å². The van der Waals surface area contributed by atoms with Crippen LogP contribution in [0.4, 0.5) is 0 Å². The normalized spacial score (nSPS) is 16.6. The van der Waals surface area contributed by atoms with E-state index in [2.05, 4.69) is 11.6 Å². The van der Waals surface area contributed by atoms with Crippen molar-refractivity contribution in [3.05, 3.63) is 52.4 Å². The minimum atomic E-state index is -0.203. The lowest BCUT2D eigenvalue weighted by atomic mass is 10.2. The quantitative estimate of drug-likeness (QED) is 0.632. The van der Waals surface area contributed by atoms with Crippen molar-refractivity contribution in [3.63, 3.8) is 0 Å². The van der Waals surface area contributed by atoms with Crippen molar-refractivity contribution in [2.75, 3.05) is 13.6 Å². The van der Waals surface area contributed by atoms with Gasteiger partial charge in [-0.15, -0.1) is 6.58 Å². The second-order valence-corrected chi connectivity index (χ2v) is 5.48. The average molecular weight is 293 g/mol. The maximum Gasteiger partial charge on any atom is 0.286 e. The van der Waals surface area contributed by atoms with Crippen LogP contribution in [0.25, 0.3) is 6.08 Å². The number of amides is 1. The lowest BCUT2D eigenvalue weighted by Crippen LogP contribution is -2.22. The molecule has 0 aliphatic carbocycles. The fraction of sp³-hybridized carbons (Fsp3) is 0.143. The van der Waals surface area contributed by atoms with Crippen LogP contribution in [0.5, 0.6) is 0 Å². The number of aliphatic imine (C=N–C) groups is 1. The molecule has 0 radical (unpaired) electrons. The van der Waals surface area contributed by atoms with Crippen LogP contribution < -0.4 is 0 Å². The summed E-state index contributed by atoms with van der Waals surface area (Å²) in [4.78, 5) is 18.3. The second-order valence-electron chi connectivity index (χ2n) is 4.03. The number of carbonyl (C=O) groups excluding carboxylic acids is 1. The Morgan fingerprint density at radius 2 is 2.11 bits per heavy atom. The van der Waals surface area contributed by atoms with Crippen LogP contribution in [-0.4, -0.2) is 29.6 Å². The summed E-state index contributed by atoms with van der Waals surface area (Å²) in [5.74, 6) is -0.203. The first-order valence-electron chi connectivity index (χ1n) is 5.70. The van der Waals surface area contributed by atoms with Crippen molar-refractivity contribution in [2.24, 2.45) is 4.99 Å².